The summed E-state index contributed by atoms with van der Waals surface area (Å²) >= 11 is 3.48. The van der Waals surface area contributed by atoms with E-state index in [1.54, 1.807) is 22.7 Å². The molecular formula is C46H26N4S2. The van der Waals surface area contributed by atoms with Gasteiger partial charge in [-0.2, -0.15) is 0 Å². The number of hydrogen-bond donors (Lipinski definition) is 0. The summed E-state index contributed by atoms with van der Waals surface area (Å²) in [7, 11) is 0. The summed E-state index contributed by atoms with van der Waals surface area (Å²) in [6.07, 6.45) is 0. The van der Waals surface area contributed by atoms with Crippen molar-refractivity contribution < 1.29 is 0 Å². The molecule has 0 saturated heterocycles. The predicted molar refractivity (Wildman–Crippen MR) is 220 cm³/mol. The number of thiazole rings is 1. The number of benzene rings is 8. The molecule has 0 atom stereocenters. The lowest BCUT2D eigenvalue weighted by Gasteiger charge is -2.11. The summed E-state index contributed by atoms with van der Waals surface area (Å²) in [5, 5.41) is 11.0. The van der Waals surface area contributed by atoms with E-state index in [1.807, 2.05) is 18.2 Å². The summed E-state index contributed by atoms with van der Waals surface area (Å²) < 4.78 is 3.51. The minimum absolute atomic E-state index is 0.611. The van der Waals surface area contributed by atoms with Crippen LogP contribution in [0.25, 0.3) is 107 Å². The number of aromatic nitrogens is 4. The van der Waals surface area contributed by atoms with E-state index in [9.17, 15) is 0 Å². The van der Waals surface area contributed by atoms with Gasteiger partial charge in [0.15, 0.2) is 17.5 Å². The average Bonchev–Trinajstić information content (AvgIpc) is 3.83. The van der Waals surface area contributed by atoms with E-state index in [0.717, 1.165) is 37.5 Å². The normalized spacial score (nSPS) is 11.8. The zero-order valence-corrected chi connectivity index (χ0v) is 29.2. The van der Waals surface area contributed by atoms with Gasteiger partial charge in [-0.25, -0.2) is 19.9 Å². The Kier molecular flexibility index (Phi) is 6.56. The fourth-order valence-electron chi connectivity index (χ4n) is 7.55. The molecule has 8 aromatic carbocycles. The molecule has 0 aliphatic heterocycles. The lowest BCUT2D eigenvalue weighted by atomic mass is 9.93. The summed E-state index contributed by atoms with van der Waals surface area (Å²) in [5.74, 6) is 1.90. The maximum absolute atomic E-state index is 5.31. The highest BCUT2D eigenvalue weighted by molar-refractivity contribution is 7.26. The molecule has 11 rings (SSSR count). The Morgan fingerprint density at radius 2 is 0.885 bits per heavy atom. The SMILES string of the molecule is c1ccc(-c2nc(-c3cccc4sc(-c5ccc6c7ccccc7c7ccccc7c6c5)nc34)nc(-c3cccc4c3sc3ccccc34)n2)cc1. The molecule has 0 unspecified atom stereocenters. The molecule has 0 aliphatic carbocycles. The first kappa shape index (κ1) is 29.4. The molecule has 0 aliphatic rings. The van der Waals surface area contributed by atoms with E-state index in [1.165, 1.54) is 52.5 Å². The van der Waals surface area contributed by atoms with Crippen molar-refractivity contribution in [1.29, 1.82) is 0 Å². The third kappa shape index (κ3) is 4.58. The fraction of sp³-hybridized carbons (Fsp3) is 0. The van der Waals surface area contributed by atoms with Crippen LogP contribution in [-0.2, 0) is 0 Å². The molecule has 0 fully saturated rings. The molecule has 4 nitrogen and oxygen atoms in total. The van der Waals surface area contributed by atoms with Crippen molar-refractivity contribution in [2.75, 3.05) is 0 Å². The zero-order valence-electron chi connectivity index (χ0n) is 27.6. The molecule has 11 aromatic rings. The van der Waals surface area contributed by atoms with Gasteiger partial charge < -0.3 is 0 Å². The molecule has 0 radical (unpaired) electrons. The van der Waals surface area contributed by atoms with Gasteiger partial charge >= 0.3 is 0 Å². The number of fused-ring (bicyclic) bond motifs is 10. The molecule has 0 N–H and O–H groups in total. The average molecular weight is 699 g/mol. The molecular weight excluding hydrogens is 673 g/mol. The first-order valence-electron chi connectivity index (χ1n) is 17.2. The van der Waals surface area contributed by atoms with Crippen LogP contribution in [0.3, 0.4) is 0 Å². The summed E-state index contributed by atoms with van der Waals surface area (Å²) in [6, 6.07) is 55.6. The van der Waals surface area contributed by atoms with Gasteiger partial charge in [-0.15, -0.1) is 22.7 Å². The van der Waals surface area contributed by atoms with Gasteiger partial charge in [0.2, 0.25) is 0 Å². The van der Waals surface area contributed by atoms with Crippen molar-refractivity contribution >= 4 is 85.4 Å². The number of para-hydroxylation sites is 1. The first-order valence-corrected chi connectivity index (χ1v) is 18.9. The highest BCUT2D eigenvalue weighted by Crippen LogP contribution is 2.42. The Morgan fingerprint density at radius 1 is 0.327 bits per heavy atom. The Balaban J connectivity index is 1.11. The van der Waals surface area contributed by atoms with Crippen molar-refractivity contribution in [3.05, 3.63) is 158 Å². The number of hydrogen-bond acceptors (Lipinski definition) is 6. The fourth-order valence-corrected chi connectivity index (χ4v) is 9.75. The van der Waals surface area contributed by atoms with Gasteiger partial charge in [-0.3, -0.25) is 0 Å². The molecule has 0 bridgehead atoms. The molecule has 0 saturated carbocycles. The second-order valence-electron chi connectivity index (χ2n) is 13.0. The topological polar surface area (TPSA) is 51.6 Å². The number of nitrogens with zero attached hydrogens (tertiary/aromatic N) is 4. The quantitative estimate of drug-likeness (QED) is 0.172. The smallest absolute Gasteiger partial charge is 0.166 e. The molecule has 0 amide bonds. The van der Waals surface area contributed by atoms with Crippen LogP contribution < -0.4 is 0 Å². The van der Waals surface area contributed by atoms with Crippen molar-refractivity contribution in [1.82, 2.24) is 19.9 Å². The third-order valence-corrected chi connectivity index (χ3v) is 12.3. The van der Waals surface area contributed by atoms with E-state index >= 15 is 0 Å². The van der Waals surface area contributed by atoms with Gasteiger partial charge in [0.1, 0.15) is 5.01 Å². The molecule has 0 spiro atoms. The monoisotopic (exact) mass is 698 g/mol. The van der Waals surface area contributed by atoms with Gasteiger partial charge in [0.25, 0.3) is 0 Å². The maximum Gasteiger partial charge on any atom is 0.166 e. The predicted octanol–water partition coefficient (Wildman–Crippen LogP) is 13.0. The Labute approximate surface area is 306 Å². The first-order chi connectivity index (χ1) is 25.8. The number of thiophene rings is 1. The van der Waals surface area contributed by atoms with E-state index in [-0.39, 0.29) is 0 Å². The lowest BCUT2D eigenvalue weighted by molar-refractivity contribution is 1.08. The lowest BCUT2D eigenvalue weighted by Crippen LogP contribution is -2.00. The Morgan fingerprint density at radius 3 is 1.65 bits per heavy atom. The number of rotatable bonds is 4. The zero-order chi connectivity index (χ0) is 34.2. The van der Waals surface area contributed by atoms with E-state index in [2.05, 4.69) is 140 Å². The van der Waals surface area contributed by atoms with Crippen molar-refractivity contribution in [3.63, 3.8) is 0 Å². The minimum Gasteiger partial charge on any atom is -0.235 e. The third-order valence-electron chi connectivity index (χ3n) is 9.96. The van der Waals surface area contributed by atoms with Crippen LogP contribution in [0, 0.1) is 0 Å². The Bertz CT molecular complexity index is 3160. The van der Waals surface area contributed by atoms with E-state index < -0.39 is 0 Å². The molecule has 3 heterocycles. The summed E-state index contributed by atoms with van der Waals surface area (Å²) in [5.41, 5.74) is 4.82. The largest absolute Gasteiger partial charge is 0.235 e. The molecule has 6 heteroatoms. The highest BCUT2D eigenvalue weighted by Gasteiger charge is 2.20. The van der Waals surface area contributed by atoms with Gasteiger partial charge in [-0.1, -0.05) is 127 Å². The van der Waals surface area contributed by atoms with Crippen LogP contribution in [0.4, 0.5) is 0 Å². The molecule has 52 heavy (non-hydrogen) atoms. The standard InChI is InChI=1S/C46H26N4S2/c1-2-12-27(13-3-1)43-48-44(50-45(49-43)37-21-10-19-35-34-18-8-9-22-39(34)51-42(35)37)36-20-11-23-40-41(36)47-46(52-40)28-24-25-33-31-16-5-4-14-29(31)30-15-6-7-17-32(30)38(33)26-28/h1-26H. The van der Waals surface area contributed by atoms with Gasteiger partial charge in [-0.05, 0) is 62.6 Å². The molecule has 242 valence electrons. The second-order valence-corrected chi connectivity index (χ2v) is 15.1. The van der Waals surface area contributed by atoms with Crippen molar-refractivity contribution in [3.8, 4) is 44.7 Å². The summed E-state index contributed by atoms with van der Waals surface area (Å²) in [4.78, 5) is 20.7. The molecule has 3 aromatic heterocycles. The van der Waals surface area contributed by atoms with Gasteiger partial charge in [0, 0.05) is 42.4 Å². The second kappa shape index (κ2) is 11.6. The van der Waals surface area contributed by atoms with Crippen LogP contribution in [0.15, 0.2) is 158 Å². The van der Waals surface area contributed by atoms with E-state index in [0.29, 0.717) is 17.5 Å². The summed E-state index contributed by atoms with van der Waals surface area (Å²) in [6.45, 7) is 0. The van der Waals surface area contributed by atoms with Crippen molar-refractivity contribution in [2.45, 2.75) is 0 Å². The van der Waals surface area contributed by atoms with Crippen molar-refractivity contribution in [2.24, 2.45) is 0 Å². The maximum atomic E-state index is 5.31. The highest BCUT2D eigenvalue weighted by atomic mass is 32.1. The van der Waals surface area contributed by atoms with Gasteiger partial charge in [0.05, 0.1) is 10.2 Å². The minimum atomic E-state index is 0.611. The van der Waals surface area contributed by atoms with E-state index in [4.69, 9.17) is 19.9 Å². The van der Waals surface area contributed by atoms with Crippen LogP contribution >= 0.6 is 22.7 Å². The van der Waals surface area contributed by atoms with Crippen LogP contribution in [0.5, 0.6) is 0 Å². The van der Waals surface area contributed by atoms with Crippen LogP contribution in [0.1, 0.15) is 0 Å². The van der Waals surface area contributed by atoms with Crippen LogP contribution in [-0.4, -0.2) is 19.9 Å². The van der Waals surface area contributed by atoms with Crippen LogP contribution in [0.2, 0.25) is 0 Å². The Hall–Kier alpha value is -6.34.